The molecule has 0 unspecified atom stereocenters. The SMILES string of the molecule is C#Cc1cn(-c2ccc(Cl)c(Cl)c2)c(C)n1. The van der Waals surface area contributed by atoms with Gasteiger partial charge in [-0.15, -0.1) is 6.42 Å². The van der Waals surface area contributed by atoms with Crippen LogP contribution in [0.2, 0.25) is 10.0 Å². The number of rotatable bonds is 1. The first-order chi connectivity index (χ1) is 7.61. The Balaban J connectivity index is 2.55. The largest absolute Gasteiger partial charge is 0.303 e. The molecule has 0 amide bonds. The Bertz CT molecular complexity index is 579. The summed E-state index contributed by atoms with van der Waals surface area (Å²) in [4.78, 5) is 4.21. The van der Waals surface area contributed by atoms with Crippen molar-refractivity contribution < 1.29 is 0 Å². The Labute approximate surface area is 104 Å². The van der Waals surface area contributed by atoms with E-state index in [1.54, 1.807) is 18.3 Å². The predicted molar refractivity (Wildman–Crippen MR) is 66.3 cm³/mol. The van der Waals surface area contributed by atoms with Crippen LogP contribution in [0.5, 0.6) is 0 Å². The maximum absolute atomic E-state index is 5.95. The fourth-order valence-corrected chi connectivity index (χ4v) is 1.73. The van der Waals surface area contributed by atoms with Gasteiger partial charge < -0.3 is 4.57 Å². The molecule has 0 saturated carbocycles. The first-order valence-electron chi connectivity index (χ1n) is 4.60. The number of imidazole rings is 1. The van der Waals surface area contributed by atoms with Crippen molar-refractivity contribution in [2.75, 3.05) is 0 Å². The van der Waals surface area contributed by atoms with Gasteiger partial charge in [0.2, 0.25) is 0 Å². The molecule has 0 aliphatic heterocycles. The summed E-state index contributed by atoms with van der Waals surface area (Å²) in [6.07, 6.45) is 7.08. The summed E-state index contributed by atoms with van der Waals surface area (Å²) in [6.45, 7) is 1.88. The van der Waals surface area contributed by atoms with Crippen LogP contribution in [0.1, 0.15) is 11.5 Å². The first-order valence-corrected chi connectivity index (χ1v) is 5.35. The van der Waals surface area contributed by atoms with Crippen LogP contribution in [0.3, 0.4) is 0 Å². The van der Waals surface area contributed by atoms with Gasteiger partial charge in [-0.25, -0.2) is 4.98 Å². The molecule has 0 spiro atoms. The van der Waals surface area contributed by atoms with Crippen molar-refractivity contribution in [1.82, 2.24) is 9.55 Å². The molecular weight excluding hydrogens is 243 g/mol. The molecule has 0 aliphatic carbocycles. The first kappa shape index (κ1) is 11.1. The highest BCUT2D eigenvalue weighted by atomic mass is 35.5. The van der Waals surface area contributed by atoms with E-state index in [2.05, 4.69) is 10.9 Å². The number of hydrogen-bond donors (Lipinski definition) is 0. The average Bonchev–Trinajstić information content (AvgIpc) is 2.64. The normalized spacial score (nSPS) is 10.1. The van der Waals surface area contributed by atoms with Crippen molar-refractivity contribution in [3.05, 3.63) is 46.0 Å². The zero-order chi connectivity index (χ0) is 11.7. The van der Waals surface area contributed by atoms with E-state index in [-0.39, 0.29) is 0 Å². The second kappa shape index (κ2) is 4.21. The molecule has 0 atom stereocenters. The number of nitrogens with zero attached hydrogens (tertiary/aromatic N) is 2. The lowest BCUT2D eigenvalue weighted by molar-refractivity contribution is 0.975. The van der Waals surface area contributed by atoms with E-state index in [0.717, 1.165) is 11.5 Å². The fraction of sp³-hybridized carbons (Fsp3) is 0.0833. The third-order valence-corrected chi connectivity index (χ3v) is 2.95. The van der Waals surface area contributed by atoms with E-state index in [0.29, 0.717) is 15.7 Å². The molecule has 2 aromatic rings. The Hall–Kier alpha value is -1.43. The van der Waals surface area contributed by atoms with E-state index in [1.807, 2.05) is 17.6 Å². The van der Waals surface area contributed by atoms with Gasteiger partial charge in [0.05, 0.1) is 10.0 Å². The Kier molecular flexibility index (Phi) is 2.91. The molecule has 2 rings (SSSR count). The molecule has 0 radical (unpaired) electrons. The van der Waals surface area contributed by atoms with Crippen LogP contribution in [0.25, 0.3) is 5.69 Å². The summed E-state index contributed by atoms with van der Waals surface area (Å²) in [5.74, 6) is 3.30. The van der Waals surface area contributed by atoms with Gasteiger partial charge >= 0.3 is 0 Å². The highest BCUT2D eigenvalue weighted by molar-refractivity contribution is 6.42. The van der Waals surface area contributed by atoms with Gasteiger partial charge in [-0.3, -0.25) is 0 Å². The number of hydrogen-bond acceptors (Lipinski definition) is 1. The molecule has 1 aromatic heterocycles. The minimum absolute atomic E-state index is 0.509. The summed E-state index contributed by atoms with van der Waals surface area (Å²) in [7, 11) is 0. The van der Waals surface area contributed by atoms with Crippen molar-refractivity contribution in [1.29, 1.82) is 0 Å². The zero-order valence-electron chi connectivity index (χ0n) is 8.54. The quantitative estimate of drug-likeness (QED) is 0.709. The smallest absolute Gasteiger partial charge is 0.131 e. The van der Waals surface area contributed by atoms with Crippen LogP contribution in [-0.2, 0) is 0 Å². The van der Waals surface area contributed by atoms with Gasteiger partial charge in [0.25, 0.3) is 0 Å². The molecule has 4 heteroatoms. The molecule has 1 heterocycles. The number of halogens is 2. The second-order valence-electron chi connectivity index (χ2n) is 3.29. The van der Waals surface area contributed by atoms with Crippen molar-refractivity contribution >= 4 is 23.2 Å². The van der Waals surface area contributed by atoms with Crippen LogP contribution >= 0.6 is 23.2 Å². The van der Waals surface area contributed by atoms with E-state index in [9.17, 15) is 0 Å². The third kappa shape index (κ3) is 1.92. The van der Waals surface area contributed by atoms with Crippen molar-refractivity contribution in [3.63, 3.8) is 0 Å². The van der Waals surface area contributed by atoms with E-state index >= 15 is 0 Å². The summed E-state index contributed by atoms with van der Waals surface area (Å²) >= 11 is 11.8. The molecule has 1 aromatic carbocycles. The van der Waals surface area contributed by atoms with Crippen LogP contribution in [-0.4, -0.2) is 9.55 Å². The minimum atomic E-state index is 0.509. The molecule has 80 valence electrons. The van der Waals surface area contributed by atoms with Gasteiger partial charge in [-0.2, -0.15) is 0 Å². The average molecular weight is 251 g/mol. The van der Waals surface area contributed by atoms with Gasteiger partial charge in [0.15, 0.2) is 0 Å². The maximum Gasteiger partial charge on any atom is 0.131 e. The minimum Gasteiger partial charge on any atom is -0.303 e. The molecule has 16 heavy (non-hydrogen) atoms. The molecule has 0 aliphatic rings. The zero-order valence-corrected chi connectivity index (χ0v) is 10.0. The van der Waals surface area contributed by atoms with E-state index in [1.165, 1.54) is 0 Å². The number of benzene rings is 1. The number of aromatic nitrogens is 2. The topological polar surface area (TPSA) is 17.8 Å². The Morgan fingerprint density at radius 3 is 2.62 bits per heavy atom. The molecule has 0 bridgehead atoms. The lowest BCUT2D eigenvalue weighted by Crippen LogP contribution is -1.94. The van der Waals surface area contributed by atoms with Gasteiger partial charge in [0.1, 0.15) is 11.5 Å². The molecular formula is C12H8Cl2N2. The second-order valence-corrected chi connectivity index (χ2v) is 4.10. The van der Waals surface area contributed by atoms with Gasteiger partial charge in [-0.1, -0.05) is 23.2 Å². The predicted octanol–water partition coefficient (Wildman–Crippen LogP) is 3.47. The van der Waals surface area contributed by atoms with Gasteiger partial charge in [0, 0.05) is 11.9 Å². The summed E-state index contributed by atoms with van der Waals surface area (Å²) in [5.41, 5.74) is 1.49. The lowest BCUT2D eigenvalue weighted by atomic mass is 10.3. The van der Waals surface area contributed by atoms with Gasteiger partial charge in [-0.05, 0) is 31.0 Å². The molecule has 0 fully saturated rings. The number of aryl methyl sites for hydroxylation is 1. The molecule has 0 saturated heterocycles. The standard InChI is InChI=1S/C12H8Cl2N2/c1-3-9-7-16(8(2)15-9)10-4-5-11(13)12(14)6-10/h1,4-7H,2H3. The Morgan fingerprint density at radius 1 is 1.31 bits per heavy atom. The third-order valence-electron chi connectivity index (χ3n) is 2.21. The highest BCUT2D eigenvalue weighted by Crippen LogP contribution is 2.25. The van der Waals surface area contributed by atoms with E-state index < -0.39 is 0 Å². The summed E-state index contributed by atoms with van der Waals surface area (Å²) in [6, 6.07) is 5.39. The lowest BCUT2D eigenvalue weighted by Gasteiger charge is -2.05. The highest BCUT2D eigenvalue weighted by Gasteiger charge is 2.06. The molecule has 2 nitrogen and oxygen atoms in total. The Morgan fingerprint density at radius 2 is 2.06 bits per heavy atom. The van der Waals surface area contributed by atoms with Crippen LogP contribution < -0.4 is 0 Å². The van der Waals surface area contributed by atoms with Crippen molar-refractivity contribution in [2.24, 2.45) is 0 Å². The fourth-order valence-electron chi connectivity index (χ4n) is 1.44. The van der Waals surface area contributed by atoms with Crippen LogP contribution in [0, 0.1) is 19.3 Å². The van der Waals surface area contributed by atoms with E-state index in [4.69, 9.17) is 29.6 Å². The van der Waals surface area contributed by atoms with Crippen molar-refractivity contribution in [2.45, 2.75) is 6.92 Å². The maximum atomic E-state index is 5.95. The summed E-state index contributed by atoms with van der Waals surface area (Å²) in [5, 5.41) is 1.04. The van der Waals surface area contributed by atoms with Crippen LogP contribution in [0.4, 0.5) is 0 Å². The number of terminal acetylenes is 1. The molecule has 0 N–H and O–H groups in total. The summed E-state index contributed by atoms with van der Waals surface area (Å²) < 4.78 is 1.87. The monoisotopic (exact) mass is 250 g/mol. The van der Waals surface area contributed by atoms with Crippen molar-refractivity contribution in [3.8, 4) is 18.0 Å². The van der Waals surface area contributed by atoms with Crippen LogP contribution in [0.15, 0.2) is 24.4 Å².